The van der Waals surface area contributed by atoms with Crippen LogP contribution in [0.1, 0.15) is 32.8 Å². The zero-order valence-corrected chi connectivity index (χ0v) is 10.5. The van der Waals surface area contributed by atoms with Crippen molar-refractivity contribution in [3.63, 3.8) is 0 Å². The minimum Gasteiger partial charge on any atom is -0.374 e. The van der Waals surface area contributed by atoms with E-state index in [1.807, 2.05) is 12.3 Å². The lowest BCUT2D eigenvalue weighted by Gasteiger charge is -2.23. The van der Waals surface area contributed by atoms with Gasteiger partial charge in [-0.2, -0.15) is 0 Å². The number of pyridine rings is 1. The van der Waals surface area contributed by atoms with Crippen LogP contribution >= 0.6 is 0 Å². The Morgan fingerprint density at radius 2 is 2.25 bits per heavy atom. The van der Waals surface area contributed by atoms with Gasteiger partial charge in [-0.05, 0) is 31.9 Å². The van der Waals surface area contributed by atoms with Crippen LogP contribution in [0.25, 0.3) is 0 Å². The Labute approximate surface area is 98.2 Å². The van der Waals surface area contributed by atoms with Gasteiger partial charge in [0, 0.05) is 25.5 Å². The van der Waals surface area contributed by atoms with Crippen LogP contribution in [-0.2, 0) is 11.3 Å². The van der Waals surface area contributed by atoms with E-state index in [0.29, 0.717) is 0 Å². The highest BCUT2D eigenvalue weighted by atomic mass is 16.5. The molecule has 0 aliphatic carbocycles. The van der Waals surface area contributed by atoms with Gasteiger partial charge >= 0.3 is 0 Å². The summed E-state index contributed by atoms with van der Waals surface area (Å²) < 4.78 is 5.74. The molecule has 0 aliphatic heterocycles. The zero-order valence-electron chi connectivity index (χ0n) is 10.5. The molecule has 0 spiro atoms. The second kappa shape index (κ2) is 6.61. The van der Waals surface area contributed by atoms with Gasteiger partial charge in [0.2, 0.25) is 0 Å². The first-order valence-electron chi connectivity index (χ1n) is 5.87. The molecule has 1 N–H and O–H groups in total. The maximum atomic E-state index is 5.74. The highest BCUT2D eigenvalue weighted by Crippen LogP contribution is 2.12. The van der Waals surface area contributed by atoms with Crippen LogP contribution in [-0.4, -0.2) is 23.7 Å². The number of hydrogen-bond acceptors (Lipinski definition) is 3. The van der Waals surface area contributed by atoms with Crippen LogP contribution in [0.3, 0.4) is 0 Å². The summed E-state index contributed by atoms with van der Waals surface area (Å²) in [6.07, 6.45) is 4.70. The SMILES string of the molecule is CCC(C)(C)OCCNCc1cccnc1. The normalized spacial score (nSPS) is 11.7. The van der Waals surface area contributed by atoms with Gasteiger partial charge in [-0.3, -0.25) is 4.98 Å². The number of rotatable bonds is 7. The number of hydrogen-bond donors (Lipinski definition) is 1. The summed E-state index contributed by atoms with van der Waals surface area (Å²) in [6.45, 7) is 8.86. The summed E-state index contributed by atoms with van der Waals surface area (Å²) >= 11 is 0. The minimum absolute atomic E-state index is 0.00399. The van der Waals surface area contributed by atoms with Gasteiger partial charge in [-0.1, -0.05) is 13.0 Å². The first kappa shape index (κ1) is 13.1. The van der Waals surface area contributed by atoms with Crippen LogP contribution in [0.4, 0.5) is 0 Å². The van der Waals surface area contributed by atoms with E-state index < -0.39 is 0 Å². The van der Waals surface area contributed by atoms with Crippen molar-refractivity contribution in [2.75, 3.05) is 13.2 Å². The summed E-state index contributed by atoms with van der Waals surface area (Å²) in [5.74, 6) is 0. The van der Waals surface area contributed by atoms with Crippen molar-refractivity contribution in [1.82, 2.24) is 10.3 Å². The van der Waals surface area contributed by atoms with Gasteiger partial charge in [0.25, 0.3) is 0 Å². The Hall–Kier alpha value is -0.930. The van der Waals surface area contributed by atoms with E-state index in [-0.39, 0.29) is 5.60 Å². The van der Waals surface area contributed by atoms with Gasteiger partial charge in [0.1, 0.15) is 0 Å². The molecular weight excluding hydrogens is 200 g/mol. The molecule has 0 saturated heterocycles. The van der Waals surface area contributed by atoms with Crippen molar-refractivity contribution < 1.29 is 4.74 Å². The standard InChI is InChI=1S/C13H22N2O/c1-4-13(2,3)16-9-8-15-11-12-6-5-7-14-10-12/h5-7,10,15H,4,8-9,11H2,1-3H3. The average molecular weight is 222 g/mol. The molecule has 0 bridgehead atoms. The average Bonchev–Trinajstić information content (AvgIpc) is 2.30. The van der Waals surface area contributed by atoms with E-state index in [1.165, 1.54) is 5.56 Å². The molecule has 0 atom stereocenters. The smallest absolute Gasteiger partial charge is 0.0624 e. The van der Waals surface area contributed by atoms with Gasteiger partial charge in [0.05, 0.1) is 12.2 Å². The zero-order chi connectivity index (χ0) is 11.9. The Kier molecular flexibility index (Phi) is 5.43. The van der Waals surface area contributed by atoms with Gasteiger partial charge in [-0.25, -0.2) is 0 Å². The quantitative estimate of drug-likeness (QED) is 0.719. The maximum Gasteiger partial charge on any atom is 0.0624 e. The fourth-order valence-electron chi connectivity index (χ4n) is 1.24. The molecule has 16 heavy (non-hydrogen) atoms. The Balaban J connectivity index is 2.09. The first-order valence-corrected chi connectivity index (χ1v) is 5.87. The molecule has 0 aromatic carbocycles. The van der Waals surface area contributed by atoms with Crippen molar-refractivity contribution in [3.05, 3.63) is 30.1 Å². The molecule has 0 unspecified atom stereocenters. The predicted octanol–water partition coefficient (Wildman–Crippen LogP) is 2.38. The van der Waals surface area contributed by atoms with Crippen LogP contribution < -0.4 is 5.32 Å². The molecule has 90 valence electrons. The molecule has 0 aliphatic rings. The highest BCUT2D eigenvalue weighted by Gasteiger charge is 2.14. The van der Waals surface area contributed by atoms with Crippen molar-refractivity contribution in [1.29, 1.82) is 0 Å². The molecule has 1 heterocycles. The third-order valence-corrected chi connectivity index (χ3v) is 2.67. The Morgan fingerprint density at radius 3 is 2.88 bits per heavy atom. The third kappa shape index (κ3) is 5.24. The number of aromatic nitrogens is 1. The summed E-state index contributed by atoms with van der Waals surface area (Å²) in [6, 6.07) is 4.02. The van der Waals surface area contributed by atoms with Crippen molar-refractivity contribution >= 4 is 0 Å². The molecule has 1 rings (SSSR count). The number of nitrogens with zero attached hydrogens (tertiary/aromatic N) is 1. The van der Waals surface area contributed by atoms with E-state index in [2.05, 4.69) is 37.1 Å². The summed E-state index contributed by atoms with van der Waals surface area (Å²) in [5.41, 5.74) is 1.20. The van der Waals surface area contributed by atoms with Crippen molar-refractivity contribution in [2.45, 2.75) is 39.3 Å². The maximum absolute atomic E-state index is 5.74. The molecular formula is C13H22N2O. The number of nitrogens with one attached hydrogen (secondary N) is 1. The highest BCUT2D eigenvalue weighted by molar-refractivity contribution is 5.07. The van der Waals surface area contributed by atoms with E-state index in [0.717, 1.165) is 26.1 Å². The van der Waals surface area contributed by atoms with E-state index in [4.69, 9.17) is 4.74 Å². The molecule has 3 nitrogen and oxygen atoms in total. The first-order chi connectivity index (χ1) is 7.64. The van der Waals surface area contributed by atoms with E-state index in [9.17, 15) is 0 Å². The lowest BCUT2D eigenvalue weighted by atomic mass is 10.1. The van der Waals surface area contributed by atoms with E-state index in [1.54, 1.807) is 6.20 Å². The molecule has 0 fully saturated rings. The largest absolute Gasteiger partial charge is 0.374 e. The van der Waals surface area contributed by atoms with Gasteiger partial charge < -0.3 is 10.1 Å². The second-order valence-corrected chi connectivity index (χ2v) is 4.50. The lowest BCUT2D eigenvalue weighted by Crippen LogP contribution is -2.28. The van der Waals surface area contributed by atoms with Gasteiger partial charge in [0.15, 0.2) is 0 Å². The molecule has 1 aromatic heterocycles. The number of ether oxygens (including phenoxy) is 1. The van der Waals surface area contributed by atoms with Crippen molar-refractivity contribution in [2.24, 2.45) is 0 Å². The van der Waals surface area contributed by atoms with Crippen LogP contribution in [0.2, 0.25) is 0 Å². The molecule has 0 saturated carbocycles. The summed E-state index contributed by atoms with van der Waals surface area (Å²) in [7, 11) is 0. The topological polar surface area (TPSA) is 34.1 Å². The van der Waals surface area contributed by atoms with Gasteiger partial charge in [-0.15, -0.1) is 0 Å². The summed E-state index contributed by atoms with van der Waals surface area (Å²) in [4.78, 5) is 4.06. The third-order valence-electron chi connectivity index (χ3n) is 2.67. The Bertz CT molecular complexity index is 285. The fourth-order valence-corrected chi connectivity index (χ4v) is 1.24. The lowest BCUT2D eigenvalue weighted by molar-refractivity contribution is -0.0181. The van der Waals surface area contributed by atoms with Crippen molar-refractivity contribution in [3.8, 4) is 0 Å². The minimum atomic E-state index is -0.00399. The van der Waals surface area contributed by atoms with Crippen LogP contribution in [0, 0.1) is 0 Å². The predicted molar refractivity (Wildman–Crippen MR) is 66.3 cm³/mol. The summed E-state index contributed by atoms with van der Waals surface area (Å²) in [5, 5.41) is 3.33. The molecule has 3 heteroatoms. The van der Waals surface area contributed by atoms with Crippen LogP contribution in [0.15, 0.2) is 24.5 Å². The molecule has 1 aromatic rings. The van der Waals surface area contributed by atoms with E-state index >= 15 is 0 Å². The fraction of sp³-hybridized carbons (Fsp3) is 0.615. The molecule has 0 radical (unpaired) electrons. The monoisotopic (exact) mass is 222 g/mol. The Morgan fingerprint density at radius 1 is 1.44 bits per heavy atom. The molecule has 0 amide bonds. The second-order valence-electron chi connectivity index (χ2n) is 4.50. The van der Waals surface area contributed by atoms with Crippen LogP contribution in [0.5, 0.6) is 0 Å².